The van der Waals surface area contributed by atoms with Gasteiger partial charge in [0.2, 0.25) is 0 Å². The second kappa shape index (κ2) is 10.8. The molecule has 4 aromatic rings. The summed E-state index contributed by atoms with van der Waals surface area (Å²) in [5.41, 5.74) is 2.83. The highest BCUT2D eigenvalue weighted by Gasteiger charge is 2.30. The summed E-state index contributed by atoms with van der Waals surface area (Å²) in [7, 11) is -1.46. The SMILES string of the molecule is Cc1nc(-c2cc(F)c(C3CN(C(=O)OC(C)(C)C)CCN3)cc2F)cc2c1cc(-c1ccc(S(C)(=O)=O)cc1)n2C. The minimum absolute atomic E-state index is 0.0290. The number of nitrogens with one attached hydrogen (secondary N) is 1. The molecule has 1 fully saturated rings. The fraction of sp³-hybridized carbons (Fsp3) is 0.355. The Balaban J connectivity index is 1.47. The maximum Gasteiger partial charge on any atom is 0.410 e. The average molecular weight is 597 g/mol. The lowest BCUT2D eigenvalue weighted by atomic mass is 9.99. The molecular formula is C31H34F2N4O4S. The molecule has 1 aliphatic rings. The van der Waals surface area contributed by atoms with Gasteiger partial charge in [0.05, 0.1) is 22.1 Å². The van der Waals surface area contributed by atoms with E-state index in [2.05, 4.69) is 10.3 Å². The first kappa shape index (κ1) is 29.7. The fourth-order valence-corrected chi connectivity index (χ4v) is 5.88. The number of pyridine rings is 1. The van der Waals surface area contributed by atoms with Crippen LogP contribution in [0.1, 0.15) is 38.1 Å². The summed E-state index contributed by atoms with van der Waals surface area (Å²) in [6.07, 6.45) is 0.668. The van der Waals surface area contributed by atoms with Crippen molar-refractivity contribution >= 4 is 26.8 Å². The van der Waals surface area contributed by atoms with Crippen LogP contribution in [0, 0.1) is 18.6 Å². The molecule has 1 atom stereocenters. The number of sulfone groups is 1. The molecular weight excluding hydrogens is 562 g/mol. The quantitative estimate of drug-likeness (QED) is 0.321. The maximum atomic E-state index is 15.6. The van der Waals surface area contributed by atoms with Gasteiger partial charge in [0, 0.05) is 60.8 Å². The predicted octanol–water partition coefficient (Wildman–Crippen LogP) is 5.78. The molecule has 5 rings (SSSR count). The molecule has 42 heavy (non-hydrogen) atoms. The van der Waals surface area contributed by atoms with Crippen LogP contribution < -0.4 is 5.32 Å². The number of aromatic nitrogens is 2. The van der Waals surface area contributed by atoms with Gasteiger partial charge in [-0.2, -0.15) is 0 Å². The smallest absolute Gasteiger partial charge is 0.410 e. The van der Waals surface area contributed by atoms with E-state index in [1.807, 2.05) is 24.6 Å². The van der Waals surface area contributed by atoms with Crippen molar-refractivity contribution in [2.24, 2.45) is 7.05 Å². The first-order valence-corrected chi connectivity index (χ1v) is 15.5. The number of rotatable bonds is 4. The number of hydrogen-bond donors (Lipinski definition) is 1. The first-order chi connectivity index (χ1) is 19.6. The van der Waals surface area contributed by atoms with Crippen LogP contribution in [0.4, 0.5) is 13.6 Å². The van der Waals surface area contributed by atoms with E-state index in [0.717, 1.165) is 34.5 Å². The van der Waals surface area contributed by atoms with Gasteiger partial charge in [-0.3, -0.25) is 4.98 Å². The lowest BCUT2D eigenvalue weighted by Crippen LogP contribution is -2.49. The molecule has 0 radical (unpaired) electrons. The zero-order chi connectivity index (χ0) is 30.6. The Hall–Kier alpha value is -3.83. The standard InChI is InChI=1S/C31H34F2N4O4S/c1-18-21-15-28(19-7-9-20(10-8-19)42(6,39)40)36(5)29(21)16-26(35-18)22-13-25(33)23(14-24(22)32)27-17-37(12-11-34-27)30(38)41-31(2,3)4/h7-10,13-16,27,34H,11-12,17H2,1-6H3. The van der Waals surface area contributed by atoms with Crippen molar-refractivity contribution in [3.05, 3.63) is 71.4 Å². The molecule has 1 unspecified atom stereocenters. The van der Waals surface area contributed by atoms with Crippen LogP contribution in [0.3, 0.4) is 0 Å². The second-order valence-corrected chi connectivity index (χ2v) is 13.7. The number of halogens is 2. The van der Waals surface area contributed by atoms with Crippen molar-refractivity contribution in [3.63, 3.8) is 0 Å². The summed E-state index contributed by atoms with van der Waals surface area (Å²) < 4.78 is 62.2. The molecule has 3 heterocycles. The largest absolute Gasteiger partial charge is 0.444 e. The van der Waals surface area contributed by atoms with Gasteiger partial charge in [-0.15, -0.1) is 0 Å². The highest BCUT2D eigenvalue weighted by molar-refractivity contribution is 7.90. The fourth-order valence-electron chi connectivity index (χ4n) is 5.25. The van der Waals surface area contributed by atoms with Crippen LogP contribution >= 0.6 is 0 Å². The number of nitrogens with zero attached hydrogens (tertiary/aromatic N) is 3. The second-order valence-electron chi connectivity index (χ2n) is 11.7. The zero-order valence-corrected chi connectivity index (χ0v) is 25.3. The number of amides is 1. The van der Waals surface area contributed by atoms with E-state index in [4.69, 9.17) is 4.74 Å². The van der Waals surface area contributed by atoms with Crippen LogP contribution in [0.25, 0.3) is 33.4 Å². The van der Waals surface area contributed by atoms with Gasteiger partial charge in [0.15, 0.2) is 9.84 Å². The first-order valence-electron chi connectivity index (χ1n) is 13.6. The maximum absolute atomic E-state index is 15.6. The van der Waals surface area contributed by atoms with Gasteiger partial charge in [-0.25, -0.2) is 22.0 Å². The Morgan fingerprint density at radius 2 is 1.76 bits per heavy atom. The Labute approximate surface area is 244 Å². The molecule has 2 aromatic heterocycles. The molecule has 8 nitrogen and oxygen atoms in total. The number of carbonyl (C=O) groups excluding carboxylic acids is 1. The molecule has 1 saturated heterocycles. The molecule has 2 aromatic carbocycles. The Bertz CT molecular complexity index is 1790. The number of piperazine rings is 1. The van der Waals surface area contributed by atoms with E-state index >= 15 is 8.78 Å². The summed E-state index contributed by atoms with van der Waals surface area (Å²) in [4.78, 5) is 18.9. The third kappa shape index (κ3) is 5.89. The van der Waals surface area contributed by atoms with Gasteiger partial charge in [-0.05, 0) is 69.7 Å². The van der Waals surface area contributed by atoms with Gasteiger partial charge in [-0.1, -0.05) is 12.1 Å². The van der Waals surface area contributed by atoms with Crippen molar-refractivity contribution in [1.29, 1.82) is 0 Å². The van der Waals surface area contributed by atoms with Crippen molar-refractivity contribution in [1.82, 2.24) is 19.8 Å². The Morgan fingerprint density at radius 3 is 2.40 bits per heavy atom. The lowest BCUT2D eigenvalue weighted by Gasteiger charge is -2.35. The summed E-state index contributed by atoms with van der Waals surface area (Å²) in [6, 6.07) is 12.0. The van der Waals surface area contributed by atoms with Crippen molar-refractivity contribution in [3.8, 4) is 22.5 Å². The molecule has 0 aliphatic carbocycles. The van der Waals surface area contributed by atoms with E-state index in [1.165, 1.54) is 11.0 Å². The summed E-state index contributed by atoms with van der Waals surface area (Å²) >= 11 is 0. The molecule has 0 bridgehead atoms. The number of ether oxygens (including phenoxy) is 1. The van der Waals surface area contributed by atoms with Gasteiger partial charge < -0.3 is 19.5 Å². The predicted molar refractivity (Wildman–Crippen MR) is 158 cm³/mol. The van der Waals surface area contributed by atoms with Crippen LogP contribution in [0.2, 0.25) is 0 Å². The van der Waals surface area contributed by atoms with E-state index in [9.17, 15) is 13.2 Å². The number of fused-ring (bicyclic) bond motifs is 1. The number of hydrogen-bond acceptors (Lipinski definition) is 6. The third-order valence-electron chi connectivity index (χ3n) is 7.37. The number of carbonyl (C=O) groups is 1. The lowest BCUT2D eigenvalue weighted by molar-refractivity contribution is 0.0193. The molecule has 222 valence electrons. The molecule has 0 spiro atoms. The molecule has 1 aliphatic heterocycles. The van der Waals surface area contributed by atoms with Gasteiger partial charge in [0.25, 0.3) is 0 Å². The zero-order valence-electron chi connectivity index (χ0n) is 24.5. The molecule has 0 saturated carbocycles. The van der Waals surface area contributed by atoms with Gasteiger partial charge >= 0.3 is 6.09 Å². The van der Waals surface area contributed by atoms with Crippen molar-refractivity contribution < 1.29 is 26.7 Å². The Morgan fingerprint density at radius 1 is 1.07 bits per heavy atom. The summed E-state index contributed by atoms with van der Waals surface area (Å²) in [5.74, 6) is -1.23. The number of benzene rings is 2. The van der Waals surface area contributed by atoms with Crippen LogP contribution in [-0.4, -0.2) is 60.5 Å². The van der Waals surface area contributed by atoms with Crippen molar-refractivity contribution in [2.75, 3.05) is 25.9 Å². The molecule has 1 N–H and O–H groups in total. The minimum atomic E-state index is -3.32. The van der Waals surface area contributed by atoms with Gasteiger partial charge in [0.1, 0.15) is 17.2 Å². The average Bonchev–Trinajstić information content (AvgIpc) is 3.25. The van der Waals surface area contributed by atoms with Crippen molar-refractivity contribution in [2.45, 2.75) is 44.2 Å². The van der Waals surface area contributed by atoms with E-state index in [1.54, 1.807) is 51.1 Å². The van der Waals surface area contributed by atoms with Crippen LogP contribution in [-0.2, 0) is 21.6 Å². The summed E-state index contributed by atoms with van der Waals surface area (Å²) in [5, 5.41) is 4.01. The monoisotopic (exact) mass is 596 g/mol. The topological polar surface area (TPSA) is 93.5 Å². The highest BCUT2D eigenvalue weighted by Crippen LogP contribution is 2.34. The Kier molecular flexibility index (Phi) is 7.61. The van der Waals surface area contributed by atoms with Crippen LogP contribution in [0.5, 0.6) is 0 Å². The van der Waals surface area contributed by atoms with E-state index in [0.29, 0.717) is 18.8 Å². The molecule has 1 amide bonds. The normalized spacial score (nSPS) is 16.2. The highest BCUT2D eigenvalue weighted by atomic mass is 32.2. The third-order valence-corrected chi connectivity index (χ3v) is 8.50. The molecule has 11 heteroatoms. The number of aryl methyl sites for hydroxylation is 2. The summed E-state index contributed by atoms with van der Waals surface area (Å²) in [6.45, 7) is 8.10. The van der Waals surface area contributed by atoms with E-state index < -0.39 is 39.2 Å². The van der Waals surface area contributed by atoms with Crippen LogP contribution in [0.15, 0.2) is 53.4 Å². The minimum Gasteiger partial charge on any atom is -0.444 e. The van der Waals surface area contributed by atoms with E-state index in [-0.39, 0.29) is 28.3 Å².